The molecule has 4 rings (SSSR count). The predicted octanol–water partition coefficient (Wildman–Crippen LogP) is 3.56. The summed E-state index contributed by atoms with van der Waals surface area (Å²) in [5.74, 6) is 0.454. The van der Waals surface area contributed by atoms with Gasteiger partial charge < -0.3 is 15.1 Å². The third-order valence-corrected chi connectivity index (χ3v) is 5.66. The normalized spacial score (nSPS) is 21.1. The summed E-state index contributed by atoms with van der Waals surface area (Å²) in [6.45, 7) is 3.98. The molecule has 1 saturated heterocycles. The first-order chi connectivity index (χ1) is 13.1. The van der Waals surface area contributed by atoms with Crippen molar-refractivity contribution in [2.24, 2.45) is 0 Å². The van der Waals surface area contributed by atoms with Gasteiger partial charge >= 0.3 is 0 Å². The summed E-state index contributed by atoms with van der Waals surface area (Å²) >= 11 is 0. The molecule has 1 saturated carbocycles. The highest BCUT2D eigenvalue weighted by Gasteiger charge is 2.38. The Bertz CT molecular complexity index is 810. The maximum absolute atomic E-state index is 13.4. The van der Waals surface area contributed by atoms with Gasteiger partial charge in [-0.2, -0.15) is 0 Å². The molecule has 1 heterocycles. The van der Waals surface area contributed by atoms with Crippen LogP contribution < -0.4 is 5.32 Å². The van der Waals surface area contributed by atoms with Crippen LogP contribution in [0.5, 0.6) is 0 Å². The highest BCUT2D eigenvalue weighted by Crippen LogP contribution is 2.41. The van der Waals surface area contributed by atoms with Crippen molar-refractivity contribution >= 4 is 30.7 Å². The Morgan fingerprint density at radius 2 is 1.72 bits per heavy atom. The Hall–Kier alpha value is -1.66. The molecular weight excluding hydrogens is 412 g/mol. The zero-order valence-electron chi connectivity index (χ0n) is 16.5. The number of carbonyl (C=O) groups excluding carboxylic acids is 1. The number of rotatable bonds is 5. The van der Waals surface area contributed by atoms with Crippen molar-refractivity contribution in [1.29, 1.82) is 0 Å². The third-order valence-electron chi connectivity index (χ3n) is 5.66. The van der Waals surface area contributed by atoms with Gasteiger partial charge in [0.05, 0.1) is 6.54 Å². The van der Waals surface area contributed by atoms with E-state index in [-0.39, 0.29) is 36.5 Å². The molecule has 0 bridgehead atoms. The van der Waals surface area contributed by atoms with Gasteiger partial charge in [-0.3, -0.25) is 4.79 Å². The van der Waals surface area contributed by atoms with E-state index in [9.17, 15) is 9.18 Å². The molecule has 7 heteroatoms. The highest BCUT2D eigenvalue weighted by molar-refractivity contribution is 5.85. The van der Waals surface area contributed by atoms with Crippen LogP contribution in [0, 0.1) is 5.82 Å². The van der Waals surface area contributed by atoms with Crippen LogP contribution in [-0.2, 0) is 4.79 Å². The molecule has 158 valence electrons. The zero-order valence-corrected chi connectivity index (χ0v) is 18.1. The number of piperazine rings is 1. The number of halogens is 3. The standard InChI is InChI=1S/C22H26FN3O.2ClH/c1-25-9-11-26(12-10-25)22(27)15-24-21-14-20(21)17-7-5-16(6-8-17)18-3-2-4-19(23)13-18;;/h2-8,13,20-21,24H,9-12,14-15H2,1H3;2*1H. The van der Waals surface area contributed by atoms with Gasteiger partial charge in [0.15, 0.2) is 0 Å². The Labute approximate surface area is 184 Å². The molecule has 2 aromatic carbocycles. The van der Waals surface area contributed by atoms with E-state index >= 15 is 0 Å². The van der Waals surface area contributed by atoms with Crippen LogP contribution in [0.1, 0.15) is 17.9 Å². The summed E-state index contributed by atoms with van der Waals surface area (Å²) < 4.78 is 13.4. The van der Waals surface area contributed by atoms with Crippen molar-refractivity contribution in [3.8, 4) is 11.1 Å². The van der Waals surface area contributed by atoms with Crippen molar-refractivity contribution in [1.82, 2.24) is 15.1 Å². The van der Waals surface area contributed by atoms with Crippen LogP contribution in [0.4, 0.5) is 4.39 Å². The minimum atomic E-state index is -0.215. The van der Waals surface area contributed by atoms with Gasteiger partial charge in [0, 0.05) is 38.1 Å². The lowest BCUT2D eigenvalue weighted by Gasteiger charge is -2.32. The maximum atomic E-state index is 13.4. The number of hydrogen-bond acceptors (Lipinski definition) is 3. The summed E-state index contributed by atoms with van der Waals surface area (Å²) in [6, 6.07) is 15.4. The van der Waals surface area contributed by atoms with E-state index in [4.69, 9.17) is 0 Å². The van der Waals surface area contributed by atoms with E-state index in [1.807, 2.05) is 11.0 Å². The fraction of sp³-hybridized carbons (Fsp3) is 0.409. The Morgan fingerprint density at radius 3 is 2.38 bits per heavy atom. The van der Waals surface area contributed by atoms with Gasteiger partial charge in [0.2, 0.25) is 5.91 Å². The molecule has 2 unspecified atom stereocenters. The summed E-state index contributed by atoms with van der Waals surface area (Å²) in [5, 5.41) is 3.41. The fourth-order valence-corrected chi connectivity index (χ4v) is 3.77. The molecule has 2 fully saturated rings. The first-order valence-electron chi connectivity index (χ1n) is 9.66. The fourth-order valence-electron chi connectivity index (χ4n) is 3.77. The van der Waals surface area contributed by atoms with Gasteiger partial charge in [-0.1, -0.05) is 36.4 Å². The van der Waals surface area contributed by atoms with Gasteiger partial charge in [0.25, 0.3) is 0 Å². The molecule has 2 aliphatic rings. The Balaban J connectivity index is 0.00000150. The molecule has 4 nitrogen and oxygen atoms in total. The SMILES string of the molecule is CN1CCN(C(=O)CNC2CC2c2ccc(-c3cccc(F)c3)cc2)CC1.Cl.Cl. The molecule has 0 spiro atoms. The molecule has 0 aromatic heterocycles. The molecule has 2 atom stereocenters. The number of benzene rings is 2. The summed E-state index contributed by atoms with van der Waals surface area (Å²) in [7, 11) is 2.09. The topological polar surface area (TPSA) is 35.6 Å². The molecule has 0 radical (unpaired) electrons. The molecule has 1 N–H and O–H groups in total. The van der Waals surface area contributed by atoms with E-state index in [1.54, 1.807) is 12.1 Å². The third kappa shape index (κ3) is 5.92. The highest BCUT2D eigenvalue weighted by atomic mass is 35.5. The van der Waals surface area contributed by atoms with Gasteiger partial charge in [-0.25, -0.2) is 4.39 Å². The summed E-state index contributed by atoms with van der Waals surface area (Å²) in [4.78, 5) is 16.5. The average Bonchev–Trinajstić information content (AvgIpc) is 3.46. The van der Waals surface area contributed by atoms with Crippen molar-refractivity contribution in [2.75, 3.05) is 39.8 Å². The number of likely N-dealkylation sites (N-methyl/N-ethyl adjacent to an activating group) is 1. The first-order valence-corrected chi connectivity index (χ1v) is 9.66. The van der Waals surface area contributed by atoms with Crippen LogP contribution in [0.25, 0.3) is 11.1 Å². The zero-order chi connectivity index (χ0) is 18.8. The molecule has 1 aliphatic heterocycles. The lowest BCUT2D eigenvalue weighted by molar-refractivity contribution is -0.131. The largest absolute Gasteiger partial charge is 0.339 e. The van der Waals surface area contributed by atoms with E-state index in [1.165, 1.54) is 11.6 Å². The van der Waals surface area contributed by atoms with Crippen LogP contribution in [0.15, 0.2) is 48.5 Å². The van der Waals surface area contributed by atoms with Crippen LogP contribution in [-0.4, -0.2) is 61.5 Å². The van der Waals surface area contributed by atoms with Gasteiger partial charge in [-0.05, 0) is 42.3 Å². The molecular formula is C22H28Cl2FN3O. The van der Waals surface area contributed by atoms with Gasteiger partial charge in [-0.15, -0.1) is 24.8 Å². The van der Waals surface area contributed by atoms with Crippen molar-refractivity contribution < 1.29 is 9.18 Å². The van der Waals surface area contributed by atoms with E-state index in [2.05, 4.69) is 41.5 Å². The maximum Gasteiger partial charge on any atom is 0.236 e. The molecule has 29 heavy (non-hydrogen) atoms. The van der Waals surface area contributed by atoms with Crippen LogP contribution in [0.3, 0.4) is 0 Å². The predicted molar refractivity (Wildman–Crippen MR) is 120 cm³/mol. The van der Waals surface area contributed by atoms with Gasteiger partial charge in [0.1, 0.15) is 5.82 Å². The minimum absolute atomic E-state index is 0. The quantitative estimate of drug-likeness (QED) is 0.773. The lowest BCUT2D eigenvalue weighted by atomic mass is 10.0. The second-order valence-corrected chi connectivity index (χ2v) is 7.65. The molecule has 1 aliphatic carbocycles. The smallest absolute Gasteiger partial charge is 0.236 e. The molecule has 1 amide bonds. The number of nitrogens with zero attached hydrogens (tertiary/aromatic N) is 2. The van der Waals surface area contributed by atoms with Crippen molar-refractivity contribution in [3.63, 3.8) is 0 Å². The minimum Gasteiger partial charge on any atom is -0.339 e. The molecule has 2 aromatic rings. The first kappa shape index (κ1) is 23.6. The Morgan fingerprint density at radius 1 is 1.03 bits per heavy atom. The second kappa shape index (κ2) is 10.4. The number of amides is 1. The lowest BCUT2D eigenvalue weighted by Crippen LogP contribution is -2.49. The average molecular weight is 440 g/mol. The summed E-state index contributed by atoms with van der Waals surface area (Å²) in [6.07, 6.45) is 1.06. The number of carbonyl (C=O) groups is 1. The van der Waals surface area contributed by atoms with Crippen LogP contribution >= 0.6 is 24.8 Å². The second-order valence-electron chi connectivity index (χ2n) is 7.65. The number of nitrogens with one attached hydrogen (secondary N) is 1. The van der Waals surface area contributed by atoms with E-state index in [0.717, 1.165) is 43.7 Å². The van der Waals surface area contributed by atoms with E-state index < -0.39 is 0 Å². The number of hydrogen-bond donors (Lipinski definition) is 1. The van der Waals surface area contributed by atoms with Crippen molar-refractivity contribution in [3.05, 3.63) is 59.9 Å². The van der Waals surface area contributed by atoms with E-state index in [0.29, 0.717) is 18.5 Å². The van der Waals surface area contributed by atoms with Crippen LogP contribution in [0.2, 0.25) is 0 Å². The monoisotopic (exact) mass is 439 g/mol. The van der Waals surface area contributed by atoms with Crippen molar-refractivity contribution in [2.45, 2.75) is 18.4 Å². The Kier molecular flexibility index (Phi) is 8.46. The summed E-state index contributed by atoms with van der Waals surface area (Å²) in [5.41, 5.74) is 3.19.